The maximum Gasteiger partial charge on any atom is 0.226 e. The first-order valence-corrected chi connectivity index (χ1v) is 9.74. The van der Waals surface area contributed by atoms with E-state index in [1.54, 1.807) is 19.0 Å². The topological polar surface area (TPSA) is 57.7 Å². The fraction of sp³-hybridized carbons (Fsp3) is 0.588. The quantitative estimate of drug-likeness (QED) is 0.794. The van der Waals surface area contributed by atoms with Gasteiger partial charge in [-0.3, -0.25) is 4.79 Å². The molecule has 1 heterocycles. The Morgan fingerprint density at radius 3 is 2.61 bits per heavy atom. The molecule has 0 aliphatic carbocycles. The Bertz CT molecular complexity index is 614. The van der Waals surface area contributed by atoms with Crippen molar-refractivity contribution >= 4 is 15.9 Å². The van der Waals surface area contributed by atoms with E-state index in [0.29, 0.717) is 19.5 Å². The van der Waals surface area contributed by atoms with Gasteiger partial charge in [0.1, 0.15) is 0 Å². The molecule has 1 aliphatic rings. The highest BCUT2D eigenvalue weighted by atomic mass is 32.2. The number of amides is 1. The van der Waals surface area contributed by atoms with Crippen LogP contribution < -0.4 is 0 Å². The predicted octanol–water partition coefficient (Wildman–Crippen LogP) is 1.75. The molecule has 1 atom stereocenters. The van der Waals surface area contributed by atoms with Gasteiger partial charge in [-0.1, -0.05) is 30.3 Å². The van der Waals surface area contributed by atoms with Gasteiger partial charge in [0.25, 0.3) is 0 Å². The zero-order valence-corrected chi connectivity index (χ0v) is 14.8. The molecule has 1 aromatic carbocycles. The molecule has 1 amide bonds. The summed E-state index contributed by atoms with van der Waals surface area (Å²) in [6, 6.07) is 9.91. The summed E-state index contributed by atoms with van der Waals surface area (Å²) in [6.07, 6.45) is 2.89. The molecule has 0 unspecified atom stereocenters. The Morgan fingerprint density at radius 1 is 1.26 bits per heavy atom. The Morgan fingerprint density at radius 2 is 1.96 bits per heavy atom. The molecule has 2 rings (SSSR count). The molecule has 0 N–H and O–H groups in total. The van der Waals surface area contributed by atoms with Gasteiger partial charge in [0.15, 0.2) is 0 Å². The first kappa shape index (κ1) is 17.9. The van der Waals surface area contributed by atoms with Crippen molar-refractivity contribution in [3.05, 3.63) is 35.9 Å². The Kier molecular flexibility index (Phi) is 6.18. The van der Waals surface area contributed by atoms with Gasteiger partial charge in [-0.25, -0.2) is 12.7 Å². The maximum atomic E-state index is 12.5. The van der Waals surface area contributed by atoms with Gasteiger partial charge < -0.3 is 4.90 Å². The van der Waals surface area contributed by atoms with Crippen LogP contribution in [-0.2, 0) is 21.2 Å². The molecule has 0 saturated carbocycles. The van der Waals surface area contributed by atoms with Gasteiger partial charge in [0.05, 0.1) is 11.7 Å². The molecular formula is C17H26N2O3S. The smallest absolute Gasteiger partial charge is 0.226 e. The van der Waals surface area contributed by atoms with E-state index in [9.17, 15) is 13.2 Å². The molecule has 23 heavy (non-hydrogen) atoms. The normalized spacial score (nSPS) is 19.5. The molecule has 5 nitrogen and oxygen atoms in total. The zero-order chi connectivity index (χ0) is 16.9. The number of hydrogen-bond acceptors (Lipinski definition) is 3. The molecule has 1 aliphatic heterocycles. The molecule has 0 spiro atoms. The number of carbonyl (C=O) groups is 1. The summed E-state index contributed by atoms with van der Waals surface area (Å²) in [7, 11) is 0.153. The van der Waals surface area contributed by atoms with E-state index < -0.39 is 10.0 Å². The third-order valence-corrected chi connectivity index (χ3v) is 6.20. The number of nitrogens with zero attached hydrogens (tertiary/aromatic N) is 2. The second kappa shape index (κ2) is 7.93. The van der Waals surface area contributed by atoms with E-state index in [0.717, 1.165) is 24.8 Å². The van der Waals surface area contributed by atoms with Crippen LogP contribution in [0.5, 0.6) is 0 Å². The molecule has 0 aromatic heterocycles. The van der Waals surface area contributed by atoms with E-state index in [1.807, 2.05) is 30.3 Å². The minimum atomic E-state index is -3.28. The molecule has 0 radical (unpaired) electrons. The lowest BCUT2D eigenvalue weighted by Crippen LogP contribution is -2.45. The lowest BCUT2D eigenvalue weighted by atomic mass is 9.98. The highest BCUT2D eigenvalue weighted by Crippen LogP contribution is 2.21. The summed E-state index contributed by atoms with van der Waals surface area (Å²) in [5.74, 6) is -0.0399. The second-order valence-corrected chi connectivity index (χ2v) is 8.42. The molecule has 1 fully saturated rings. The first-order chi connectivity index (χ1) is 10.9. The van der Waals surface area contributed by atoms with Gasteiger partial charge >= 0.3 is 0 Å². The number of piperidine rings is 1. The Balaban J connectivity index is 1.89. The summed E-state index contributed by atoms with van der Waals surface area (Å²) in [4.78, 5) is 13.6. The number of benzene rings is 1. The van der Waals surface area contributed by atoms with Gasteiger partial charge in [-0.2, -0.15) is 0 Å². The molecule has 128 valence electrons. The van der Waals surface area contributed by atoms with E-state index in [2.05, 4.69) is 0 Å². The number of hydrogen-bond donors (Lipinski definition) is 0. The van der Waals surface area contributed by atoms with Gasteiger partial charge in [0.2, 0.25) is 15.9 Å². The van der Waals surface area contributed by atoms with Crippen molar-refractivity contribution in [2.75, 3.05) is 32.9 Å². The molecular weight excluding hydrogens is 312 g/mol. The lowest BCUT2D eigenvalue weighted by molar-refractivity contribution is -0.134. The Hall–Kier alpha value is -1.40. The van der Waals surface area contributed by atoms with Crippen molar-refractivity contribution in [1.29, 1.82) is 0 Å². The summed E-state index contributed by atoms with van der Waals surface area (Å²) in [5, 5.41) is 0. The van der Waals surface area contributed by atoms with Crippen LogP contribution in [0.2, 0.25) is 0 Å². The number of rotatable bonds is 6. The van der Waals surface area contributed by atoms with Crippen molar-refractivity contribution in [2.24, 2.45) is 5.92 Å². The summed E-state index contributed by atoms with van der Waals surface area (Å²) in [6.45, 7) is 0.857. The van der Waals surface area contributed by atoms with Crippen LogP contribution in [0.25, 0.3) is 0 Å². The summed E-state index contributed by atoms with van der Waals surface area (Å²) in [5.41, 5.74) is 1.15. The monoisotopic (exact) mass is 338 g/mol. The number of aryl methyl sites for hydroxylation is 1. The fourth-order valence-corrected chi connectivity index (χ4v) is 4.58. The van der Waals surface area contributed by atoms with Crippen LogP contribution in [0.15, 0.2) is 30.3 Å². The molecule has 0 bridgehead atoms. The summed E-state index contributed by atoms with van der Waals surface area (Å²) >= 11 is 0. The van der Waals surface area contributed by atoms with Crippen LogP contribution in [0, 0.1) is 5.92 Å². The zero-order valence-electron chi connectivity index (χ0n) is 13.9. The van der Waals surface area contributed by atoms with Crippen molar-refractivity contribution < 1.29 is 13.2 Å². The van der Waals surface area contributed by atoms with E-state index in [-0.39, 0.29) is 17.6 Å². The highest BCUT2D eigenvalue weighted by Gasteiger charge is 2.32. The maximum absolute atomic E-state index is 12.5. The van der Waals surface area contributed by atoms with Crippen LogP contribution in [0.1, 0.15) is 24.8 Å². The van der Waals surface area contributed by atoms with Crippen molar-refractivity contribution in [3.8, 4) is 0 Å². The van der Waals surface area contributed by atoms with Gasteiger partial charge in [0, 0.05) is 27.2 Å². The minimum Gasteiger partial charge on any atom is -0.349 e. The van der Waals surface area contributed by atoms with Crippen molar-refractivity contribution in [2.45, 2.75) is 25.7 Å². The van der Waals surface area contributed by atoms with E-state index in [1.165, 1.54) is 4.31 Å². The molecule has 1 saturated heterocycles. The first-order valence-electron chi connectivity index (χ1n) is 8.13. The van der Waals surface area contributed by atoms with Crippen molar-refractivity contribution in [3.63, 3.8) is 0 Å². The standard InChI is InChI=1S/C17H26N2O3S/c1-18(2)17(20)16-11-6-12-19(14-16)23(21,22)13-7-10-15-8-4-3-5-9-15/h3-5,8-9,16H,6-7,10-14H2,1-2H3/t16-/m1/s1. The highest BCUT2D eigenvalue weighted by molar-refractivity contribution is 7.89. The lowest BCUT2D eigenvalue weighted by Gasteiger charge is -2.32. The fourth-order valence-electron chi connectivity index (χ4n) is 2.99. The second-order valence-electron chi connectivity index (χ2n) is 6.33. The number of carbonyl (C=O) groups excluding carboxylic acids is 1. The third kappa shape index (κ3) is 5.04. The molecule has 1 aromatic rings. The average Bonchev–Trinajstić information content (AvgIpc) is 2.55. The average molecular weight is 338 g/mol. The van der Waals surface area contributed by atoms with Crippen LogP contribution >= 0.6 is 0 Å². The largest absolute Gasteiger partial charge is 0.349 e. The van der Waals surface area contributed by atoms with Crippen LogP contribution in [-0.4, -0.2) is 56.5 Å². The van der Waals surface area contributed by atoms with Gasteiger partial charge in [-0.05, 0) is 31.2 Å². The van der Waals surface area contributed by atoms with Crippen LogP contribution in [0.3, 0.4) is 0 Å². The van der Waals surface area contributed by atoms with E-state index >= 15 is 0 Å². The minimum absolute atomic E-state index is 0.0224. The summed E-state index contributed by atoms with van der Waals surface area (Å²) < 4.78 is 26.5. The SMILES string of the molecule is CN(C)C(=O)[C@@H]1CCCN(S(=O)(=O)CCCc2ccccc2)C1. The third-order valence-electron chi connectivity index (χ3n) is 4.28. The molecule has 6 heteroatoms. The van der Waals surface area contributed by atoms with Gasteiger partial charge in [-0.15, -0.1) is 0 Å². The van der Waals surface area contributed by atoms with Crippen LogP contribution in [0.4, 0.5) is 0 Å². The van der Waals surface area contributed by atoms with E-state index in [4.69, 9.17) is 0 Å². The predicted molar refractivity (Wildman–Crippen MR) is 91.5 cm³/mol. The Labute approximate surface area is 139 Å². The van der Waals surface area contributed by atoms with Crippen molar-refractivity contribution in [1.82, 2.24) is 9.21 Å². The number of sulfonamides is 1.